The highest BCUT2D eigenvalue weighted by Gasteiger charge is 2.59. The summed E-state index contributed by atoms with van der Waals surface area (Å²) in [5.41, 5.74) is 2.81. The van der Waals surface area contributed by atoms with Gasteiger partial charge in [-0.3, -0.25) is 0 Å². The zero-order valence-corrected chi connectivity index (χ0v) is 35.5. The van der Waals surface area contributed by atoms with Crippen LogP contribution in [0.2, 0.25) is 0 Å². The van der Waals surface area contributed by atoms with Crippen LogP contribution in [0.3, 0.4) is 0 Å². The second-order valence-corrected chi connectivity index (χ2v) is 19.3. The maximum absolute atomic E-state index is 6.57. The molecule has 0 radical (unpaired) electrons. The van der Waals surface area contributed by atoms with E-state index >= 15 is 0 Å². The molecule has 0 amide bonds. The smallest absolute Gasteiger partial charge is 0.0644 e. The van der Waals surface area contributed by atoms with Crippen molar-refractivity contribution in [3.8, 4) is 0 Å². The molecule has 0 spiro atoms. The average Bonchev–Trinajstić information content (AvgIpc) is 3.46. The van der Waals surface area contributed by atoms with E-state index in [4.69, 9.17) is 14.2 Å². The van der Waals surface area contributed by atoms with E-state index in [1.165, 1.54) is 141 Å². The molecule has 0 N–H and O–H groups in total. The molecule has 298 valence electrons. The summed E-state index contributed by atoms with van der Waals surface area (Å²) in [6.07, 6.45) is 32.7. The lowest BCUT2D eigenvalue weighted by molar-refractivity contribution is -0.0641. The van der Waals surface area contributed by atoms with Crippen molar-refractivity contribution in [2.75, 3.05) is 47.1 Å². The van der Waals surface area contributed by atoms with Gasteiger partial charge in [-0.1, -0.05) is 124 Å². The van der Waals surface area contributed by atoms with E-state index in [-0.39, 0.29) is 0 Å². The molecule has 4 rings (SSSR count). The minimum absolute atomic E-state index is 0.353. The van der Waals surface area contributed by atoms with E-state index < -0.39 is 0 Å². The molecular weight excluding hydrogens is 627 g/mol. The first-order valence-corrected chi connectivity index (χ1v) is 22.7. The maximum Gasteiger partial charge on any atom is 0.0644 e. The van der Waals surface area contributed by atoms with Gasteiger partial charge in [0.05, 0.1) is 25.4 Å². The summed E-state index contributed by atoms with van der Waals surface area (Å²) >= 11 is 0. The van der Waals surface area contributed by atoms with Gasteiger partial charge in [-0.15, -0.1) is 0 Å². The highest BCUT2D eigenvalue weighted by Crippen LogP contribution is 2.67. The Morgan fingerprint density at radius 3 is 2.02 bits per heavy atom. The van der Waals surface area contributed by atoms with Crippen LogP contribution < -0.4 is 0 Å². The predicted octanol–water partition coefficient (Wildman–Crippen LogP) is 12.7. The lowest BCUT2D eigenvalue weighted by Crippen LogP contribution is -2.51. The van der Waals surface area contributed by atoms with Gasteiger partial charge in [-0.2, -0.15) is 0 Å². The number of likely N-dealkylation sites (N-methyl/N-ethyl adjacent to an activating group) is 1. The number of fused-ring (bicyclic) bond motifs is 5. The SMILES string of the molecule is CCCCCCCOCC(COCCCCCCCCOC1CCC2(C)C(=CCC3C2CCC2(C)C(C(C)CCCC(C)C)CCC32)C1)N(C)C. The molecule has 0 saturated heterocycles. The van der Waals surface area contributed by atoms with Gasteiger partial charge in [0.2, 0.25) is 0 Å². The Morgan fingerprint density at radius 2 is 1.37 bits per heavy atom. The van der Waals surface area contributed by atoms with Crippen LogP contribution in [0.1, 0.15) is 183 Å². The van der Waals surface area contributed by atoms with Crippen molar-refractivity contribution in [2.45, 2.75) is 195 Å². The average molecular weight is 714 g/mol. The molecular formula is C47H87NO3. The number of hydrogen-bond acceptors (Lipinski definition) is 4. The fourth-order valence-corrected chi connectivity index (χ4v) is 11.7. The number of unbranched alkanes of at least 4 members (excludes halogenated alkanes) is 9. The third kappa shape index (κ3) is 12.5. The standard InChI is InChI=1S/C47H87NO3/c1-9-10-11-14-17-31-49-35-40(48(7)8)36-50-32-18-15-12-13-16-19-33-51-41-27-29-46(5)39(34-41)23-24-42-44-26-25-43(38(4)22-20-21-37(2)3)47(44,6)30-28-45(42)46/h23,37-38,40-45H,9-22,24-36H2,1-8H3. The maximum atomic E-state index is 6.57. The van der Waals surface area contributed by atoms with Gasteiger partial charge in [-0.05, 0) is 131 Å². The molecule has 4 aliphatic rings. The summed E-state index contributed by atoms with van der Waals surface area (Å²) in [7, 11) is 4.28. The Morgan fingerprint density at radius 1 is 0.725 bits per heavy atom. The molecule has 9 atom stereocenters. The largest absolute Gasteiger partial charge is 0.380 e. The summed E-state index contributed by atoms with van der Waals surface area (Å²) in [6.45, 7) is 19.3. The Hall–Kier alpha value is -0.420. The molecule has 0 bridgehead atoms. The minimum Gasteiger partial charge on any atom is -0.380 e. The number of ether oxygens (including phenoxy) is 3. The molecule has 4 aliphatic carbocycles. The topological polar surface area (TPSA) is 30.9 Å². The van der Waals surface area contributed by atoms with E-state index in [0.717, 1.165) is 68.5 Å². The van der Waals surface area contributed by atoms with Crippen molar-refractivity contribution in [1.29, 1.82) is 0 Å². The number of rotatable bonds is 26. The van der Waals surface area contributed by atoms with Crippen molar-refractivity contribution >= 4 is 0 Å². The van der Waals surface area contributed by atoms with Gasteiger partial charge in [0, 0.05) is 19.8 Å². The number of nitrogens with zero attached hydrogens (tertiary/aromatic N) is 1. The molecule has 4 heteroatoms. The van der Waals surface area contributed by atoms with E-state index in [1.54, 1.807) is 5.57 Å². The molecule has 0 aromatic rings. The molecule has 0 aromatic heterocycles. The molecule has 3 fully saturated rings. The van der Waals surface area contributed by atoms with Gasteiger partial charge in [0.1, 0.15) is 0 Å². The Bertz CT molecular complexity index is 979. The molecule has 9 unspecified atom stereocenters. The van der Waals surface area contributed by atoms with Gasteiger partial charge in [0.25, 0.3) is 0 Å². The third-order valence-corrected chi connectivity index (χ3v) is 15.0. The first kappa shape index (κ1) is 43.3. The second-order valence-electron chi connectivity index (χ2n) is 19.3. The normalized spacial score (nSPS) is 31.7. The van der Waals surface area contributed by atoms with Crippen LogP contribution in [0.15, 0.2) is 11.6 Å². The third-order valence-electron chi connectivity index (χ3n) is 15.0. The summed E-state index contributed by atoms with van der Waals surface area (Å²) in [4.78, 5) is 2.25. The monoisotopic (exact) mass is 714 g/mol. The lowest BCUT2D eigenvalue weighted by Gasteiger charge is -2.58. The quantitative estimate of drug-likeness (QED) is 0.0659. The molecule has 0 aliphatic heterocycles. The van der Waals surface area contributed by atoms with Gasteiger partial charge >= 0.3 is 0 Å². The zero-order chi connectivity index (χ0) is 36.7. The highest BCUT2D eigenvalue weighted by atomic mass is 16.5. The number of allylic oxidation sites excluding steroid dienone is 1. The summed E-state index contributed by atoms with van der Waals surface area (Å²) < 4.78 is 18.6. The van der Waals surface area contributed by atoms with Crippen LogP contribution in [0.5, 0.6) is 0 Å². The fraction of sp³-hybridized carbons (Fsp3) is 0.957. The van der Waals surface area contributed by atoms with Crippen molar-refractivity contribution in [3.05, 3.63) is 11.6 Å². The Labute approximate surface area is 318 Å². The van der Waals surface area contributed by atoms with Crippen LogP contribution in [0, 0.1) is 46.3 Å². The van der Waals surface area contributed by atoms with Gasteiger partial charge < -0.3 is 19.1 Å². The van der Waals surface area contributed by atoms with E-state index in [2.05, 4.69) is 66.6 Å². The highest BCUT2D eigenvalue weighted by molar-refractivity contribution is 5.25. The van der Waals surface area contributed by atoms with Crippen molar-refractivity contribution in [1.82, 2.24) is 4.90 Å². The van der Waals surface area contributed by atoms with Gasteiger partial charge in [0.15, 0.2) is 0 Å². The Kier molecular flexibility index (Phi) is 18.9. The summed E-state index contributed by atoms with van der Waals surface area (Å²) in [5, 5.41) is 0. The van der Waals surface area contributed by atoms with E-state index in [1.807, 2.05) is 0 Å². The summed E-state index contributed by atoms with van der Waals surface area (Å²) in [5.74, 6) is 5.51. The predicted molar refractivity (Wildman–Crippen MR) is 218 cm³/mol. The minimum atomic E-state index is 0.353. The van der Waals surface area contributed by atoms with Crippen molar-refractivity contribution in [3.63, 3.8) is 0 Å². The molecule has 51 heavy (non-hydrogen) atoms. The Balaban J connectivity index is 1.06. The molecule has 3 saturated carbocycles. The van der Waals surface area contributed by atoms with Gasteiger partial charge in [-0.25, -0.2) is 0 Å². The van der Waals surface area contributed by atoms with Crippen LogP contribution in [-0.2, 0) is 14.2 Å². The fourth-order valence-electron chi connectivity index (χ4n) is 11.7. The van der Waals surface area contributed by atoms with Crippen LogP contribution in [0.4, 0.5) is 0 Å². The molecule has 0 aromatic carbocycles. The molecule has 0 heterocycles. The van der Waals surface area contributed by atoms with Crippen LogP contribution in [0.25, 0.3) is 0 Å². The van der Waals surface area contributed by atoms with Crippen molar-refractivity contribution < 1.29 is 14.2 Å². The molecule has 4 nitrogen and oxygen atoms in total. The first-order valence-electron chi connectivity index (χ1n) is 22.7. The second kappa shape index (κ2) is 22.2. The first-order chi connectivity index (χ1) is 24.6. The van der Waals surface area contributed by atoms with Crippen LogP contribution >= 0.6 is 0 Å². The summed E-state index contributed by atoms with van der Waals surface area (Å²) in [6, 6.07) is 0.353. The van der Waals surface area contributed by atoms with Crippen LogP contribution in [-0.4, -0.2) is 64.2 Å². The van der Waals surface area contributed by atoms with E-state index in [9.17, 15) is 0 Å². The van der Waals surface area contributed by atoms with Crippen molar-refractivity contribution in [2.24, 2.45) is 46.3 Å². The van der Waals surface area contributed by atoms with E-state index in [0.29, 0.717) is 23.0 Å². The zero-order valence-electron chi connectivity index (χ0n) is 35.5. The lowest BCUT2D eigenvalue weighted by atomic mass is 9.47. The number of hydrogen-bond donors (Lipinski definition) is 0.